The molecule has 1 saturated carbocycles. The van der Waals surface area contributed by atoms with Crippen LogP contribution < -0.4 is 4.74 Å². The highest BCUT2D eigenvalue weighted by Crippen LogP contribution is 2.28. The Morgan fingerprint density at radius 1 is 1.42 bits per heavy atom. The fourth-order valence-corrected chi connectivity index (χ4v) is 2.83. The van der Waals surface area contributed by atoms with Gasteiger partial charge in [-0.3, -0.25) is 9.20 Å². The van der Waals surface area contributed by atoms with E-state index in [-0.39, 0.29) is 6.10 Å². The summed E-state index contributed by atoms with van der Waals surface area (Å²) in [6.07, 6.45) is 7.40. The van der Waals surface area contributed by atoms with Crippen LogP contribution in [0.25, 0.3) is 5.65 Å². The summed E-state index contributed by atoms with van der Waals surface area (Å²) < 4.78 is 7.74. The highest BCUT2D eigenvalue weighted by Gasteiger charge is 2.23. The molecular formula is C15H18N2O2. The number of ether oxygens (including phenoxy) is 1. The molecule has 1 aliphatic carbocycles. The molecule has 0 aromatic carbocycles. The summed E-state index contributed by atoms with van der Waals surface area (Å²) in [7, 11) is 0. The number of hydrogen-bond donors (Lipinski definition) is 0. The molecule has 2 heterocycles. The largest absolute Gasteiger partial charge is 0.473 e. The lowest BCUT2D eigenvalue weighted by molar-refractivity contribution is 0.108. The first-order chi connectivity index (χ1) is 9.28. The molecule has 2 aromatic rings. The molecule has 0 aliphatic heterocycles. The Morgan fingerprint density at radius 3 is 3.11 bits per heavy atom. The summed E-state index contributed by atoms with van der Waals surface area (Å²) in [5.41, 5.74) is 1.26. The second-order valence-electron chi connectivity index (χ2n) is 5.36. The van der Waals surface area contributed by atoms with Crippen LogP contribution in [0.2, 0.25) is 0 Å². The van der Waals surface area contributed by atoms with Gasteiger partial charge in [-0.25, -0.2) is 0 Å². The van der Waals surface area contributed by atoms with Crippen LogP contribution in [-0.4, -0.2) is 21.8 Å². The van der Waals surface area contributed by atoms with Gasteiger partial charge in [-0.05, 0) is 37.3 Å². The number of aromatic nitrogens is 2. The molecule has 0 spiro atoms. The molecule has 0 amide bonds. The van der Waals surface area contributed by atoms with Crippen molar-refractivity contribution in [2.75, 3.05) is 0 Å². The van der Waals surface area contributed by atoms with Crippen LogP contribution in [0.4, 0.5) is 0 Å². The quantitative estimate of drug-likeness (QED) is 0.794. The molecule has 0 bridgehead atoms. The van der Waals surface area contributed by atoms with Gasteiger partial charge in [0.1, 0.15) is 17.4 Å². The van der Waals surface area contributed by atoms with E-state index < -0.39 is 0 Å². The summed E-state index contributed by atoms with van der Waals surface area (Å²) >= 11 is 0. The molecule has 2 unspecified atom stereocenters. The number of hydrogen-bond acceptors (Lipinski definition) is 3. The predicted octanol–water partition coefficient (Wildman–Crippen LogP) is 3.10. The fraction of sp³-hybridized carbons (Fsp3) is 0.467. The number of fused-ring (bicyclic) bond motifs is 1. The monoisotopic (exact) mass is 258 g/mol. The molecule has 0 saturated heterocycles. The zero-order chi connectivity index (χ0) is 13.2. The Morgan fingerprint density at radius 2 is 2.32 bits per heavy atom. The zero-order valence-corrected chi connectivity index (χ0v) is 11.1. The SMILES string of the molecule is CC1CCCC(Oc2nc3ccccn3c2C=O)C1. The van der Waals surface area contributed by atoms with Gasteiger partial charge in [0.15, 0.2) is 6.29 Å². The summed E-state index contributed by atoms with van der Waals surface area (Å²) in [5.74, 6) is 1.16. The summed E-state index contributed by atoms with van der Waals surface area (Å²) in [5, 5.41) is 0. The van der Waals surface area contributed by atoms with Crippen molar-refractivity contribution >= 4 is 11.9 Å². The van der Waals surface area contributed by atoms with E-state index >= 15 is 0 Å². The number of nitrogens with zero attached hydrogens (tertiary/aromatic N) is 2. The number of carbonyl (C=O) groups is 1. The van der Waals surface area contributed by atoms with Gasteiger partial charge >= 0.3 is 0 Å². The van der Waals surface area contributed by atoms with Gasteiger partial charge in [0, 0.05) is 6.20 Å². The topological polar surface area (TPSA) is 43.6 Å². The van der Waals surface area contributed by atoms with E-state index in [0.717, 1.165) is 24.8 Å². The first kappa shape index (κ1) is 12.2. The van der Waals surface area contributed by atoms with E-state index in [1.165, 1.54) is 12.8 Å². The average Bonchev–Trinajstić information content (AvgIpc) is 2.75. The fourth-order valence-electron chi connectivity index (χ4n) is 2.83. The Labute approximate surface area is 112 Å². The van der Waals surface area contributed by atoms with Gasteiger partial charge in [-0.15, -0.1) is 0 Å². The van der Waals surface area contributed by atoms with Crippen LogP contribution in [0.5, 0.6) is 5.88 Å². The molecule has 0 radical (unpaired) electrons. The Hall–Kier alpha value is -1.84. The molecule has 2 atom stereocenters. The van der Waals surface area contributed by atoms with E-state index in [4.69, 9.17) is 4.74 Å². The van der Waals surface area contributed by atoms with Crippen molar-refractivity contribution in [1.82, 2.24) is 9.38 Å². The molecule has 100 valence electrons. The molecule has 1 aliphatic rings. The Bertz CT molecular complexity index is 591. The second-order valence-corrected chi connectivity index (χ2v) is 5.36. The van der Waals surface area contributed by atoms with Gasteiger partial charge in [0.2, 0.25) is 5.88 Å². The summed E-state index contributed by atoms with van der Waals surface area (Å²) in [6.45, 7) is 2.25. The van der Waals surface area contributed by atoms with Crippen molar-refractivity contribution in [1.29, 1.82) is 0 Å². The lowest BCUT2D eigenvalue weighted by Crippen LogP contribution is -2.24. The van der Waals surface area contributed by atoms with Crippen LogP contribution in [0, 0.1) is 5.92 Å². The van der Waals surface area contributed by atoms with Crippen molar-refractivity contribution in [3.05, 3.63) is 30.1 Å². The van der Waals surface area contributed by atoms with Gasteiger partial charge in [-0.2, -0.15) is 4.98 Å². The Kier molecular flexibility index (Phi) is 3.23. The number of aldehydes is 1. The molecule has 4 nitrogen and oxygen atoms in total. The lowest BCUT2D eigenvalue weighted by atomic mass is 9.89. The molecule has 4 heteroatoms. The minimum Gasteiger partial charge on any atom is -0.473 e. The van der Waals surface area contributed by atoms with Crippen molar-refractivity contribution in [2.24, 2.45) is 5.92 Å². The molecule has 2 aromatic heterocycles. The number of imidazole rings is 1. The van der Waals surface area contributed by atoms with Crippen molar-refractivity contribution in [3.63, 3.8) is 0 Å². The van der Waals surface area contributed by atoms with Crippen LogP contribution in [-0.2, 0) is 0 Å². The normalized spacial score (nSPS) is 23.4. The standard InChI is InChI=1S/C15H18N2O2/c1-11-5-4-6-12(9-11)19-15-13(10-18)17-8-3-2-7-14(17)16-15/h2-3,7-8,10-12H,4-6,9H2,1H3. The smallest absolute Gasteiger partial charge is 0.244 e. The van der Waals surface area contributed by atoms with E-state index in [2.05, 4.69) is 11.9 Å². The first-order valence-corrected chi connectivity index (χ1v) is 6.87. The van der Waals surface area contributed by atoms with Gasteiger partial charge in [-0.1, -0.05) is 19.4 Å². The van der Waals surface area contributed by atoms with Gasteiger partial charge < -0.3 is 4.74 Å². The highest BCUT2D eigenvalue weighted by atomic mass is 16.5. The van der Waals surface area contributed by atoms with Crippen molar-refractivity contribution < 1.29 is 9.53 Å². The van der Waals surface area contributed by atoms with Gasteiger partial charge in [0.25, 0.3) is 0 Å². The highest BCUT2D eigenvalue weighted by molar-refractivity contribution is 5.78. The van der Waals surface area contributed by atoms with E-state index in [0.29, 0.717) is 17.5 Å². The van der Waals surface area contributed by atoms with E-state index in [1.807, 2.05) is 24.4 Å². The van der Waals surface area contributed by atoms with Crippen LogP contribution in [0.1, 0.15) is 43.1 Å². The third-order valence-corrected chi connectivity index (χ3v) is 3.81. The maximum Gasteiger partial charge on any atom is 0.244 e. The molecule has 1 fully saturated rings. The van der Waals surface area contributed by atoms with Crippen LogP contribution in [0.3, 0.4) is 0 Å². The summed E-state index contributed by atoms with van der Waals surface area (Å²) in [6, 6.07) is 5.67. The van der Waals surface area contributed by atoms with Crippen LogP contribution >= 0.6 is 0 Å². The zero-order valence-electron chi connectivity index (χ0n) is 11.1. The maximum atomic E-state index is 11.3. The number of rotatable bonds is 3. The van der Waals surface area contributed by atoms with Crippen molar-refractivity contribution in [3.8, 4) is 5.88 Å². The van der Waals surface area contributed by atoms with E-state index in [9.17, 15) is 4.79 Å². The lowest BCUT2D eigenvalue weighted by Gasteiger charge is -2.26. The first-order valence-electron chi connectivity index (χ1n) is 6.87. The number of carbonyl (C=O) groups excluding carboxylic acids is 1. The maximum absolute atomic E-state index is 11.3. The minimum atomic E-state index is 0.187. The third kappa shape index (κ3) is 2.35. The molecule has 0 N–H and O–H groups in total. The van der Waals surface area contributed by atoms with Crippen molar-refractivity contribution in [2.45, 2.75) is 38.7 Å². The predicted molar refractivity (Wildman–Crippen MR) is 72.6 cm³/mol. The van der Waals surface area contributed by atoms with Gasteiger partial charge in [0.05, 0.1) is 0 Å². The number of pyridine rings is 1. The Balaban J connectivity index is 1.89. The average molecular weight is 258 g/mol. The third-order valence-electron chi connectivity index (χ3n) is 3.81. The van der Waals surface area contributed by atoms with Crippen LogP contribution in [0.15, 0.2) is 24.4 Å². The minimum absolute atomic E-state index is 0.187. The molecular weight excluding hydrogens is 240 g/mol. The second kappa shape index (κ2) is 5.03. The molecule has 3 rings (SSSR count). The summed E-state index contributed by atoms with van der Waals surface area (Å²) in [4.78, 5) is 15.7. The van der Waals surface area contributed by atoms with E-state index in [1.54, 1.807) is 4.40 Å². The molecule has 19 heavy (non-hydrogen) atoms.